The third-order valence-electron chi connectivity index (χ3n) is 5.15. The predicted octanol–water partition coefficient (Wildman–Crippen LogP) is 5.22. The van der Waals surface area contributed by atoms with Crippen LogP contribution in [0.3, 0.4) is 0 Å². The minimum absolute atomic E-state index is 0.417. The summed E-state index contributed by atoms with van der Waals surface area (Å²) < 4.78 is 34.1. The summed E-state index contributed by atoms with van der Waals surface area (Å²) in [5, 5.41) is 0. The second-order valence-electron chi connectivity index (χ2n) is 7.90. The molecule has 2 aromatic rings. The largest absolute Gasteiger partial charge is 0.494 e. The molecule has 34 heavy (non-hydrogen) atoms. The van der Waals surface area contributed by atoms with Gasteiger partial charge in [0.25, 0.3) is 0 Å². The van der Waals surface area contributed by atoms with Gasteiger partial charge in [0.15, 0.2) is 11.5 Å². The topological polar surface area (TPSA) is 67.7 Å². The number of rotatable bonds is 8. The molecule has 0 amide bonds. The molecule has 0 fully saturated rings. The van der Waals surface area contributed by atoms with Gasteiger partial charge < -0.3 is 28.4 Å². The zero-order chi connectivity index (χ0) is 23.7. The number of nitrogens with zero attached hydrogens (tertiary/aromatic N) is 1. The van der Waals surface area contributed by atoms with E-state index < -0.39 is 0 Å². The number of fused-ring (bicyclic) bond motifs is 1. The molecule has 1 heterocycles. The van der Waals surface area contributed by atoms with Crippen molar-refractivity contribution in [1.82, 2.24) is 0 Å². The maximum atomic E-state index is 5.91. The Labute approximate surface area is 203 Å². The molecule has 1 aliphatic rings. The molecule has 0 aliphatic carbocycles. The number of aliphatic imine (C=N–C) groups is 1. The molecular formula is C27H37NO6. The SMILES string of the molecule is CCCCCCOc1ccc(C=Nc2ccc3c(c2)OCCOCCOCCOCCO3)cc1. The first-order valence-electron chi connectivity index (χ1n) is 12.2. The Morgan fingerprint density at radius 2 is 1.38 bits per heavy atom. The minimum atomic E-state index is 0.417. The van der Waals surface area contributed by atoms with Crippen LogP contribution in [0.5, 0.6) is 17.2 Å². The maximum absolute atomic E-state index is 5.91. The molecule has 0 atom stereocenters. The maximum Gasteiger partial charge on any atom is 0.163 e. The lowest BCUT2D eigenvalue weighted by atomic mass is 10.2. The van der Waals surface area contributed by atoms with E-state index in [-0.39, 0.29) is 0 Å². The summed E-state index contributed by atoms with van der Waals surface area (Å²) in [6, 6.07) is 13.6. The van der Waals surface area contributed by atoms with Crippen molar-refractivity contribution in [3.8, 4) is 17.2 Å². The molecule has 7 heteroatoms. The summed E-state index contributed by atoms with van der Waals surface area (Å²) in [6.07, 6.45) is 6.63. The summed E-state index contributed by atoms with van der Waals surface area (Å²) in [5.74, 6) is 2.18. The average molecular weight is 472 g/mol. The Balaban J connectivity index is 1.56. The van der Waals surface area contributed by atoms with Crippen LogP contribution in [0.15, 0.2) is 47.5 Å². The van der Waals surface area contributed by atoms with E-state index in [2.05, 4.69) is 11.9 Å². The summed E-state index contributed by atoms with van der Waals surface area (Å²) >= 11 is 0. The van der Waals surface area contributed by atoms with Crippen LogP contribution in [0.25, 0.3) is 0 Å². The van der Waals surface area contributed by atoms with Crippen LogP contribution < -0.4 is 14.2 Å². The van der Waals surface area contributed by atoms with Gasteiger partial charge in [0.1, 0.15) is 19.0 Å². The molecular weight excluding hydrogens is 434 g/mol. The number of benzene rings is 2. The van der Waals surface area contributed by atoms with Crippen molar-refractivity contribution in [2.45, 2.75) is 32.6 Å². The Hall–Kier alpha value is -2.61. The van der Waals surface area contributed by atoms with E-state index >= 15 is 0 Å². The fourth-order valence-electron chi connectivity index (χ4n) is 3.29. The van der Waals surface area contributed by atoms with E-state index in [1.165, 1.54) is 19.3 Å². The molecule has 0 aromatic heterocycles. The van der Waals surface area contributed by atoms with E-state index in [1.807, 2.05) is 48.7 Å². The normalized spacial score (nSPS) is 16.0. The zero-order valence-electron chi connectivity index (χ0n) is 20.2. The van der Waals surface area contributed by atoms with Gasteiger partial charge in [-0.15, -0.1) is 0 Å². The molecule has 0 radical (unpaired) electrons. The lowest BCUT2D eigenvalue weighted by molar-refractivity contribution is 0.00708. The third-order valence-corrected chi connectivity index (χ3v) is 5.15. The molecule has 186 valence electrons. The van der Waals surface area contributed by atoms with Crippen molar-refractivity contribution < 1.29 is 28.4 Å². The van der Waals surface area contributed by atoms with Gasteiger partial charge in [-0.05, 0) is 48.4 Å². The van der Waals surface area contributed by atoms with Crippen molar-refractivity contribution in [2.24, 2.45) is 4.99 Å². The standard InChI is InChI=1S/C27H37NO6/c1-2-3-4-5-12-32-25-9-6-23(7-10-25)22-28-24-8-11-26-27(21-24)34-20-18-31-16-14-29-13-15-30-17-19-33-26/h6-11,21-22H,2-5,12-20H2,1H3. The number of hydrogen-bond donors (Lipinski definition) is 0. The van der Waals surface area contributed by atoms with Crippen LogP contribution in [0.4, 0.5) is 5.69 Å². The highest BCUT2D eigenvalue weighted by Gasteiger charge is 2.08. The average Bonchev–Trinajstić information content (AvgIpc) is 2.87. The lowest BCUT2D eigenvalue weighted by Crippen LogP contribution is -2.13. The molecule has 3 rings (SSSR count). The van der Waals surface area contributed by atoms with Crippen molar-refractivity contribution >= 4 is 11.9 Å². The van der Waals surface area contributed by atoms with Crippen LogP contribution in [0, 0.1) is 0 Å². The highest BCUT2D eigenvalue weighted by molar-refractivity contribution is 5.82. The van der Waals surface area contributed by atoms with Gasteiger partial charge in [-0.2, -0.15) is 0 Å². The fourth-order valence-corrected chi connectivity index (χ4v) is 3.29. The fraction of sp³-hybridized carbons (Fsp3) is 0.519. The Morgan fingerprint density at radius 3 is 2.06 bits per heavy atom. The number of ether oxygens (including phenoxy) is 6. The molecule has 0 N–H and O–H groups in total. The van der Waals surface area contributed by atoms with E-state index in [0.29, 0.717) is 64.4 Å². The van der Waals surface area contributed by atoms with Gasteiger partial charge in [0.05, 0.1) is 51.9 Å². The number of hydrogen-bond acceptors (Lipinski definition) is 7. The summed E-state index contributed by atoms with van der Waals surface area (Å²) in [7, 11) is 0. The third kappa shape index (κ3) is 10.1. The van der Waals surface area contributed by atoms with Crippen molar-refractivity contribution in [3.63, 3.8) is 0 Å². The van der Waals surface area contributed by atoms with E-state index in [0.717, 1.165) is 30.0 Å². The second-order valence-corrected chi connectivity index (χ2v) is 7.90. The lowest BCUT2D eigenvalue weighted by Gasteiger charge is -2.13. The van der Waals surface area contributed by atoms with Crippen molar-refractivity contribution in [3.05, 3.63) is 48.0 Å². The van der Waals surface area contributed by atoms with Gasteiger partial charge >= 0.3 is 0 Å². The van der Waals surface area contributed by atoms with E-state index in [1.54, 1.807) is 0 Å². The molecule has 0 bridgehead atoms. The first-order valence-corrected chi connectivity index (χ1v) is 12.2. The smallest absolute Gasteiger partial charge is 0.163 e. The van der Waals surface area contributed by atoms with Gasteiger partial charge in [-0.25, -0.2) is 0 Å². The zero-order valence-corrected chi connectivity index (χ0v) is 20.2. The van der Waals surface area contributed by atoms with Crippen LogP contribution in [0.1, 0.15) is 38.2 Å². The molecule has 0 saturated heterocycles. The minimum Gasteiger partial charge on any atom is -0.494 e. The van der Waals surface area contributed by atoms with Gasteiger partial charge in [-0.1, -0.05) is 26.2 Å². The predicted molar refractivity (Wildman–Crippen MR) is 133 cm³/mol. The molecule has 7 nitrogen and oxygen atoms in total. The summed E-state index contributed by atoms with van der Waals surface area (Å²) in [4.78, 5) is 4.61. The van der Waals surface area contributed by atoms with E-state index in [9.17, 15) is 0 Å². The van der Waals surface area contributed by atoms with Crippen LogP contribution in [0.2, 0.25) is 0 Å². The Morgan fingerprint density at radius 1 is 0.735 bits per heavy atom. The van der Waals surface area contributed by atoms with Gasteiger partial charge in [0, 0.05) is 12.3 Å². The molecule has 0 spiro atoms. The first kappa shape index (κ1) is 26.0. The Kier molecular flexibility index (Phi) is 12.3. The molecule has 1 aliphatic heterocycles. The van der Waals surface area contributed by atoms with E-state index in [4.69, 9.17) is 28.4 Å². The first-order chi connectivity index (χ1) is 16.8. The van der Waals surface area contributed by atoms with Gasteiger partial charge in [-0.3, -0.25) is 4.99 Å². The Bertz CT molecular complexity index is 840. The highest BCUT2D eigenvalue weighted by Crippen LogP contribution is 2.32. The van der Waals surface area contributed by atoms with Crippen molar-refractivity contribution in [1.29, 1.82) is 0 Å². The van der Waals surface area contributed by atoms with Gasteiger partial charge in [0.2, 0.25) is 0 Å². The van der Waals surface area contributed by atoms with Crippen molar-refractivity contribution in [2.75, 3.05) is 59.5 Å². The summed E-state index contributed by atoms with van der Waals surface area (Å²) in [5.41, 5.74) is 1.78. The highest BCUT2D eigenvalue weighted by atomic mass is 16.6. The number of unbranched alkanes of at least 4 members (excludes halogenated alkanes) is 3. The molecule has 0 unspecified atom stereocenters. The van der Waals surface area contributed by atoms with Crippen LogP contribution in [-0.2, 0) is 14.2 Å². The summed E-state index contributed by atoms with van der Waals surface area (Å²) in [6.45, 7) is 6.93. The monoisotopic (exact) mass is 471 g/mol. The molecule has 2 aromatic carbocycles. The molecule has 0 saturated carbocycles. The quantitative estimate of drug-likeness (QED) is 0.389. The van der Waals surface area contributed by atoms with Crippen LogP contribution in [-0.4, -0.2) is 65.7 Å². The second kappa shape index (κ2) is 16.1. The van der Waals surface area contributed by atoms with Crippen LogP contribution >= 0.6 is 0 Å².